The van der Waals surface area contributed by atoms with E-state index in [1.54, 1.807) is 13.8 Å². The van der Waals surface area contributed by atoms with Gasteiger partial charge < -0.3 is 35.7 Å². The number of hydrogen-bond donors (Lipinski definition) is 0. The Morgan fingerprint density at radius 1 is 0.900 bits per heavy atom. The van der Waals surface area contributed by atoms with Crippen LogP contribution >= 0.6 is 0 Å². The molecule has 2 saturated heterocycles. The van der Waals surface area contributed by atoms with E-state index in [2.05, 4.69) is 25.8 Å². The molecule has 0 aromatic carbocycles. The summed E-state index contributed by atoms with van der Waals surface area (Å²) >= 11 is 0. The minimum atomic E-state index is -0.143. The molecule has 6 aliphatic rings. The van der Waals surface area contributed by atoms with E-state index < -0.39 is 0 Å². The first-order valence-electron chi connectivity index (χ1n) is 16.1. The third kappa shape index (κ3) is 5.09. The zero-order valence-electron chi connectivity index (χ0n) is 25.5. The molecule has 228 valence electrons. The van der Waals surface area contributed by atoms with Crippen LogP contribution in [-0.2, 0) is 23.8 Å². The van der Waals surface area contributed by atoms with Gasteiger partial charge in [0.05, 0.1) is 33.4 Å². The van der Waals surface area contributed by atoms with Crippen LogP contribution in [0.4, 0.5) is 0 Å². The van der Waals surface area contributed by atoms with Gasteiger partial charge in [-0.1, -0.05) is 13.8 Å². The Balaban J connectivity index is 0.00000323. The van der Waals surface area contributed by atoms with Crippen LogP contribution in [0.15, 0.2) is 0 Å². The first-order valence-corrected chi connectivity index (χ1v) is 16.1. The molecule has 2 heterocycles. The normalized spacial score (nSPS) is 46.3. The van der Waals surface area contributed by atoms with Crippen molar-refractivity contribution in [1.82, 2.24) is 4.90 Å². The van der Waals surface area contributed by atoms with Gasteiger partial charge in [0.2, 0.25) is 0 Å². The topological polar surface area (TPSA) is 65.1 Å². The SMILES string of the molecule is CC(=O)O[C@H]1C[C@@H]2CCC3C4C[C@H]([N+]5(C)CCCC5)[C@H](OC(C)=O)[C@@]4(C)CCC3[C@@]2(C)C[C@@H]1N1CCOCC1.[Br-]. The lowest BCUT2D eigenvalue weighted by molar-refractivity contribution is -0.924. The molecule has 0 N–H and O–H groups in total. The Labute approximate surface area is 252 Å². The van der Waals surface area contributed by atoms with E-state index >= 15 is 0 Å². The zero-order chi connectivity index (χ0) is 27.6. The van der Waals surface area contributed by atoms with Crippen LogP contribution in [0.2, 0.25) is 0 Å². The summed E-state index contributed by atoms with van der Waals surface area (Å²) in [6.45, 7) is 14.1. The maximum atomic E-state index is 12.4. The van der Waals surface area contributed by atoms with Gasteiger partial charge in [-0.15, -0.1) is 0 Å². The standard InChI is InChI=1S/C32H53N2O5.BrH/c1-21(35)38-29-18-23-8-9-24-25(32(23,4)20-27(29)33-12-16-37-17-13-33)10-11-31(3)26(24)19-28(30(31)39-22(2)36)34(5)14-6-7-15-34;/h23-30H,6-20H2,1-5H3;1H/q+1;/p-1/t23-,24?,25?,26?,27-,28-,29-,30-,31-,32-;/m0./s1. The largest absolute Gasteiger partial charge is 1.00 e. The van der Waals surface area contributed by atoms with Crippen LogP contribution in [0.3, 0.4) is 0 Å². The average molecular weight is 626 g/mol. The molecule has 0 aromatic heterocycles. The molecule has 0 amide bonds. The first-order chi connectivity index (χ1) is 18.5. The van der Waals surface area contributed by atoms with E-state index in [4.69, 9.17) is 14.2 Å². The summed E-state index contributed by atoms with van der Waals surface area (Å²) in [5.74, 6) is 2.36. The van der Waals surface area contributed by atoms with Crippen LogP contribution in [-0.4, -0.2) is 92.1 Å². The van der Waals surface area contributed by atoms with E-state index in [-0.39, 0.29) is 58.0 Å². The fraction of sp³-hybridized carbons (Fsp3) is 0.938. The van der Waals surface area contributed by atoms with Gasteiger partial charge in [-0.25, -0.2) is 0 Å². The number of fused-ring (bicyclic) bond motifs is 5. The Morgan fingerprint density at radius 3 is 2.23 bits per heavy atom. The molecule has 3 unspecified atom stereocenters. The summed E-state index contributed by atoms with van der Waals surface area (Å²) in [4.78, 5) is 27.1. The van der Waals surface area contributed by atoms with E-state index in [9.17, 15) is 9.59 Å². The fourth-order valence-corrected chi connectivity index (χ4v) is 11.2. The number of halogens is 1. The van der Waals surface area contributed by atoms with Gasteiger partial charge in [0.15, 0.2) is 6.10 Å². The second-order valence-electron chi connectivity index (χ2n) is 15.0. The summed E-state index contributed by atoms with van der Waals surface area (Å²) in [5.41, 5.74) is 0.327. The number of esters is 2. The molecule has 4 saturated carbocycles. The molecular weight excluding hydrogens is 572 g/mol. The van der Waals surface area contributed by atoms with Gasteiger partial charge in [0.25, 0.3) is 0 Å². The number of carbonyl (C=O) groups excluding carboxylic acids is 2. The molecule has 0 radical (unpaired) electrons. The molecular formula is C32H53BrN2O5. The summed E-state index contributed by atoms with van der Waals surface area (Å²) in [6.07, 6.45) is 10.8. The van der Waals surface area contributed by atoms with Crippen LogP contribution in [0.5, 0.6) is 0 Å². The minimum Gasteiger partial charge on any atom is -1.00 e. The van der Waals surface area contributed by atoms with Crippen molar-refractivity contribution in [3.05, 3.63) is 0 Å². The zero-order valence-corrected chi connectivity index (χ0v) is 27.1. The van der Waals surface area contributed by atoms with E-state index in [1.165, 1.54) is 51.6 Å². The highest BCUT2D eigenvalue weighted by Crippen LogP contribution is 2.67. The van der Waals surface area contributed by atoms with Gasteiger partial charge in [-0.2, -0.15) is 0 Å². The predicted octanol–water partition coefficient (Wildman–Crippen LogP) is 1.43. The highest BCUT2D eigenvalue weighted by molar-refractivity contribution is 5.66. The molecule has 4 aliphatic carbocycles. The molecule has 10 atom stereocenters. The molecule has 0 aromatic rings. The fourth-order valence-electron chi connectivity index (χ4n) is 11.2. The lowest BCUT2D eigenvalue weighted by Gasteiger charge is -2.62. The van der Waals surface area contributed by atoms with E-state index in [0.717, 1.165) is 50.0 Å². The first kappa shape index (κ1) is 30.7. The second kappa shape index (κ2) is 11.4. The third-order valence-corrected chi connectivity index (χ3v) is 13.1. The van der Waals surface area contributed by atoms with Crippen molar-refractivity contribution in [3.8, 4) is 0 Å². The summed E-state index contributed by atoms with van der Waals surface area (Å²) in [6, 6.07) is 0.710. The quantitative estimate of drug-likeness (QED) is 0.348. The predicted molar refractivity (Wildman–Crippen MR) is 149 cm³/mol. The minimum absolute atomic E-state index is 0. The van der Waals surface area contributed by atoms with Crippen molar-refractivity contribution in [2.45, 2.75) is 110 Å². The molecule has 6 fully saturated rings. The van der Waals surface area contributed by atoms with Gasteiger partial charge >= 0.3 is 11.9 Å². The maximum absolute atomic E-state index is 12.4. The Morgan fingerprint density at radius 2 is 1.57 bits per heavy atom. The van der Waals surface area contributed by atoms with Crippen LogP contribution < -0.4 is 17.0 Å². The number of carbonyl (C=O) groups is 2. The number of likely N-dealkylation sites (N-methyl/N-ethyl adjacent to an activating group) is 1. The highest BCUT2D eigenvalue weighted by Gasteiger charge is 2.67. The molecule has 0 spiro atoms. The smallest absolute Gasteiger partial charge is 0.303 e. The summed E-state index contributed by atoms with van der Waals surface area (Å²) in [5, 5.41) is 0. The van der Waals surface area contributed by atoms with E-state index in [0.29, 0.717) is 29.7 Å². The van der Waals surface area contributed by atoms with Crippen molar-refractivity contribution >= 4 is 11.9 Å². The average Bonchev–Trinajstić information content (AvgIpc) is 3.46. The van der Waals surface area contributed by atoms with E-state index in [1.807, 2.05) is 0 Å². The number of ether oxygens (including phenoxy) is 3. The van der Waals surface area contributed by atoms with Crippen LogP contribution in [0.25, 0.3) is 0 Å². The number of hydrogen-bond acceptors (Lipinski definition) is 6. The van der Waals surface area contributed by atoms with Gasteiger partial charge in [-0.05, 0) is 67.6 Å². The van der Waals surface area contributed by atoms with Crippen molar-refractivity contribution in [2.75, 3.05) is 46.4 Å². The molecule has 7 nitrogen and oxygen atoms in total. The second-order valence-corrected chi connectivity index (χ2v) is 15.0. The Bertz CT molecular complexity index is 952. The molecule has 6 rings (SSSR count). The number of rotatable bonds is 4. The Kier molecular flexibility index (Phi) is 8.78. The summed E-state index contributed by atoms with van der Waals surface area (Å²) < 4.78 is 19.1. The van der Waals surface area contributed by atoms with Crippen molar-refractivity contribution in [3.63, 3.8) is 0 Å². The highest BCUT2D eigenvalue weighted by atomic mass is 79.9. The molecule has 40 heavy (non-hydrogen) atoms. The van der Waals surface area contributed by atoms with Gasteiger partial charge in [-0.3, -0.25) is 14.5 Å². The number of nitrogens with zero attached hydrogens (tertiary/aromatic N) is 2. The van der Waals surface area contributed by atoms with Crippen molar-refractivity contribution in [2.24, 2.45) is 34.5 Å². The van der Waals surface area contributed by atoms with Crippen molar-refractivity contribution < 1.29 is 45.3 Å². The lowest BCUT2D eigenvalue weighted by Crippen LogP contribution is -3.00. The van der Waals surface area contributed by atoms with Gasteiger partial charge in [0.1, 0.15) is 12.1 Å². The number of quaternary nitrogens is 1. The lowest BCUT2D eigenvalue weighted by atomic mass is 9.44. The molecule has 0 bridgehead atoms. The number of likely N-dealkylation sites (tertiary alicyclic amines) is 1. The van der Waals surface area contributed by atoms with Gasteiger partial charge in [0, 0.05) is 57.7 Å². The van der Waals surface area contributed by atoms with Crippen LogP contribution in [0.1, 0.15) is 85.5 Å². The molecule has 8 heteroatoms. The summed E-state index contributed by atoms with van der Waals surface area (Å²) in [7, 11) is 2.44. The Hall–Kier alpha value is -0.700. The van der Waals surface area contributed by atoms with Crippen LogP contribution in [0, 0.1) is 34.5 Å². The monoisotopic (exact) mass is 624 g/mol. The molecule has 2 aliphatic heterocycles. The maximum Gasteiger partial charge on any atom is 0.303 e. The third-order valence-electron chi connectivity index (χ3n) is 13.1. The number of morpholine rings is 1. The van der Waals surface area contributed by atoms with Crippen molar-refractivity contribution in [1.29, 1.82) is 0 Å².